The van der Waals surface area contributed by atoms with E-state index in [1.165, 1.54) is 0 Å². The molecular weight excluding hydrogens is 296 g/mol. The summed E-state index contributed by atoms with van der Waals surface area (Å²) < 4.78 is 5.68. The molecule has 1 atom stereocenters. The maximum atomic E-state index is 12.4. The Morgan fingerprint density at radius 2 is 2.26 bits per heavy atom. The molecule has 2 rings (SSSR count). The van der Waals surface area contributed by atoms with E-state index in [9.17, 15) is 9.59 Å². The molecule has 1 aliphatic rings. The highest BCUT2D eigenvalue weighted by molar-refractivity contribution is 5.78. The monoisotopic (exact) mass is 320 g/mol. The first-order valence-electron chi connectivity index (χ1n) is 7.72. The van der Waals surface area contributed by atoms with Crippen molar-refractivity contribution in [1.82, 2.24) is 14.8 Å². The lowest BCUT2D eigenvalue weighted by Crippen LogP contribution is -2.50. The molecule has 0 spiro atoms. The molecule has 0 radical (unpaired) electrons. The fourth-order valence-corrected chi connectivity index (χ4v) is 2.62. The van der Waals surface area contributed by atoms with Crippen LogP contribution in [0.2, 0.25) is 0 Å². The van der Waals surface area contributed by atoms with Crippen molar-refractivity contribution in [1.29, 1.82) is 0 Å². The predicted molar refractivity (Wildman–Crippen MR) is 85.7 cm³/mol. The summed E-state index contributed by atoms with van der Waals surface area (Å²) in [6.45, 7) is 4.30. The highest BCUT2D eigenvalue weighted by Gasteiger charge is 2.25. The number of primary amides is 1. The number of morpholine rings is 1. The molecule has 0 unspecified atom stereocenters. The van der Waals surface area contributed by atoms with Crippen LogP contribution in [0.5, 0.6) is 0 Å². The molecule has 1 fully saturated rings. The Labute approximate surface area is 136 Å². The Balaban J connectivity index is 1.86. The van der Waals surface area contributed by atoms with E-state index in [0.29, 0.717) is 32.7 Å². The number of aryl methyl sites for hydroxylation is 1. The van der Waals surface area contributed by atoms with Crippen molar-refractivity contribution >= 4 is 11.8 Å². The van der Waals surface area contributed by atoms with Crippen LogP contribution in [0.15, 0.2) is 18.3 Å². The van der Waals surface area contributed by atoms with Gasteiger partial charge in [0.15, 0.2) is 0 Å². The summed E-state index contributed by atoms with van der Waals surface area (Å²) in [5.41, 5.74) is 7.03. The molecule has 7 nitrogen and oxygen atoms in total. The first-order valence-corrected chi connectivity index (χ1v) is 7.72. The van der Waals surface area contributed by atoms with Gasteiger partial charge < -0.3 is 15.4 Å². The van der Waals surface area contributed by atoms with E-state index in [0.717, 1.165) is 11.3 Å². The van der Waals surface area contributed by atoms with Crippen molar-refractivity contribution in [3.05, 3.63) is 29.6 Å². The molecule has 0 saturated carbocycles. The maximum absolute atomic E-state index is 12.4. The van der Waals surface area contributed by atoms with Crippen LogP contribution in [0.1, 0.15) is 11.3 Å². The van der Waals surface area contributed by atoms with E-state index in [1.807, 2.05) is 35.9 Å². The van der Waals surface area contributed by atoms with Crippen LogP contribution < -0.4 is 5.73 Å². The summed E-state index contributed by atoms with van der Waals surface area (Å²) in [6.07, 6.45) is 1.98. The fourth-order valence-electron chi connectivity index (χ4n) is 2.62. The van der Waals surface area contributed by atoms with Gasteiger partial charge in [0.1, 0.15) is 0 Å². The van der Waals surface area contributed by atoms with Crippen LogP contribution in [-0.4, -0.2) is 72.5 Å². The number of aromatic nitrogens is 1. The number of rotatable bonds is 6. The lowest BCUT2D eigenvalue weighted by molar-refractivity contribution is -0.139. The number of pyridine rings is 1. The van der Waals surface area contributed by atoms with Crippen molar-refractivity contribution in [2.45, 2.75) is 19.4 Å². The van der Waals surface area contributed by atoms with Gasteiger partial charge in [-0.15, -0.1) is 0 Å². The van der Waals surface area contributed by atoms with Gasteiger partial charge in [-0.3, -0.25) is 19.5 Å². The smallest absolute Gasteiger partial charge is 0.231 e. The average Bonchev–Trinajstić information content (AvgIpc) is 2.49. The SMILES string of the molecule is Cc1ccc(CC(=O)N2CCO[C@H](CN(C)CC(N)=O)C2)cn1. The minimum absolute atomic E-state index is 0.0708. The van der Waals surface area contributed by atoms with Gasteiger partial charge >= 0.3 is 0 Å². The summed E-state index contributed by atoms with van der Waals surface area (Å²) in [4.78, 5) is 31.2. The van der Waals surface area contributed by atoms with E-state index >= 15 is 0 Å². The zero-order valence-corrected chi connectivity index (χ0v) is 13.7. The standard InChI is InChI=1S/C16H24N4O3/c1-12-3-4-13(8-18-12)7-16(22)20-5-6-23-14(10-20)9-19(2)11-15(17)21/h3-4,8,14H,5-7,9-11H2,1-2H3,(H2,17,21)/t14-/m1/s1. The lowest BCUT2D eigenvalue weighted by atomic mass is 10.1. The average molecular weight is 320 g/mol. The topological polar surface area (TPSA) is 88.8 Å². The Kier molecular flexibility index (Phi) is 6.06. The summed E-state index contributed by atoms with van der Waals surface area (Å²) in [5, 5.41) is 0. The molecule has 0 bridgehead atoms. The normalized spacial score (nSPS) is 18.2. The van der Waals surface area contributed by atoms with Gasteiger partial charge in [-0.05, 0) is 25.6 Å². The number of amides is 2. The number of hydrogen-bond donors (Lipinski definition) is 1. The van der Waals surface area contributed by atoms with Gasteiger partial charge in [-0.1, -0.05) is 6.07 Å². The van der Waals surface area contributed by atoms with Crippen LogP contribution in [-0.2, 0) is 20.7 Å². The van der Waals surface area contributed by atoms with Crippen LogP contribution in [0, 0.1) is 6.92 Å². The predicted octanol–water partition coefficient (Wildman–Crippen LogP) is -0.423. The lowest BCUT2D eigenvalue weighted by Gasteiger charge is -2.34. The van der Waals surface area contributed by atoms with Gasteiger partial charge in [-0.2, -0.15) is 0 Å². The van der Waals surface area contributed by atoms with Crippen molar-refractivity contribution in [3.8, 4) is 0 Å². The van der Waals surface area contributed by atoms with E-state index in [4.69, 9.17) is 10.5 Å². The molecule has 1 aromatic heterocycles. The molecule has 23 heavy (non-hydrogen) atoms. The Morgan fingerprint density at radius 3 is 2.91 bits per heavy atom. The molecule has 2 heterocycles. The summed E-state index contributed by atoms with van der Waals surface area (Å²) in [6, 6.07) is 3.84. The second-order valence-corrected chi connectivity index (χ2v) is 5.98. The minimum atomic E-state index is -0.372. The molecule has 2 N–H and O–H groups in total. The third-order valence-corrected chi connectivity index (χ3v) is 3.76. The molecule has 0 aromatic carbocycles. The van der Waals surface area contributed by atoms with E-state index < -0.39 is 0 Å². The van der Waals surface area contributed by atoms with Gasteiger partial charge in [0, 0.05) is 31.5 Å². The van der Waals surface area contributed by atoms with E-state index in [-0.39, 0.29) is 24.5 Å². The highest BCUT2D eigenvalue weighted by Crippen LogP contribution is 2.10. The molecule has 7 heteroatoms. The highest BCUT2D eigenvalue weighted by atomic mass is 16.5. The van der Waals surface area contributed by atoms with E-state index in [2.05, 4.69) is 4.98 Å². The molecule has 126 valence electrons. The second-order valence-electron chi connectivity index (χ2n) is 5.98. The summed E-state index contributed by atoms with van der Waals surface area (Å²) >= 11 is 0. The zero-order chi connectivity index (χ0) is 16.8. The van der Waals surface area contributed by atoms with Crippen molar-refractivity contribution in [2.24, 2.45) is 5.73 Å². The number of nitrogens with two attached hydrogens (primary N) is 1. The van der Waals surface area contributed by atoms with Gasteiger partial charge in [-0.25, -0.2) is 0 Å². The van der Waals surface area contributed by atoms with Crippen LogP contribution >= 0.6 is 0 Å². The van der Waals surface area contributed by atoms with Crippen LogP contribution in [0.25, 0.3) is 0 Å². The van der Waals surface area contributed by atoms with Crippen LogP contribution in [0.3, 0.4) is 0 Å². The summed E-state index contributed by atoms with van der Waals surface area (Å²) in [7, 11) is 1.81. The summed E-state index contributed by atoms with van der Waals surface area (Å²) in [5.74, 6) is -0.301. The number of ether oxygens (including phenoxy) is 1. The van der Waals surface area contributed by atoms with Gasteiger partial charge in [0.25, 0.3) is 0 Å². The van der Waals surface area contributed by atoms with Crippen molar-refractivity contribution < 1.29 is 14.3 Å². The first kappa shape index (κ1) is 17.4. The second kappa shape index (κ2) is 8.03. The Hall–Kier alpha value is -1.99. The van der Waals surface area contributed by atoms with Gasteiger partial charge in [0.2, 0.25) is 11.8 Å². The molecule has 1 saturated heterocycles. The van der Waals surface area contributed by atoms with Gasteiger partial charge in [0.05, 0.1) is 25.7 Å². The molecule has 1 aliphatic heterocycles. The molecular formula is C16H24N4O3. The number of carbonyl (C=O) groups excluding carboxylic acids is 2. The molecule has 1 aromatic rings. The largest absolute Gasteiger partial charge is 0.373 e. The first-order chi connectivity index (χ1) is 10.9. The maximum Gasteiger partial charge on any atom is 0.231 e. The molecule has 0 aliphatic carbocycles. The van der Waals surface area contributed by atoms with Crippen LogP contribution in [0.4, 0.5) is 0 Å². The van der Waals surface area contributed by atoms with E-state index in [1.54, 1.807) is 6.20 Å². The number of likely N-dealkylation sites (N-methyl/N-ethyl adjacent to an activating group) is 1. The third kappa shape index (κ3) is 5.61. The fraction of sp³-hybridized carbons (Fsp3) is 0.562. The zero-order valence-electron chi connectivity index (χ0n) is 13.7. The number of carbonyl (C=O) groups is 2. The number of hydrogen-bond acceptors (Lipinski definition) is 5. The van der Waals surface area contributed by atoms with Crippen molar-refractivity contribution in [2.75, 3.05) is 39.8 Å². The Morgan fingerprint density at radius 1 is 1.48 bits per heavy atom. The van der Waals surface area contributed by atoms with Crippen molar-refractivity contribution in [3.63, 3.8) is 0 Å². The minimum Gasteiger partial charge on any atom is -0.373 e. The molecule has 2 amide bonds. The Bertz CT molecular complexity index is 547. The third-order valence-electron chi connectivity index (χ3n) is 3.76. The number of nitrogens with zero attached hydrogens (tertiary/aromatic N) is 3. The quantitative estimate of drug-likeness (QED) is 0.769.